The molecule has 2 aromatic carbocycles. The number of aromatic nitrogens is 2. The quantitative estimate of drug-likeness (QED) is 0.444. The molecule has 3 atom stereocenters. The molecule has 2 amide bonds. The lowest BCUT2D eigenvalue weighted by molar-refractivity contribution is -0.128. The van der Waals surface area contributed by atoms with Crippen molar-refractivity contribution < 1.29 is 14.3 Å². The number of ether oxygens (including phenoxy) is 1. The number of methoxy groups -OCH3 is 1. The number of nitrogens with zero attached hydrogens (tertiary/aromatic N) is 2. The number of anilines is 1. The van der Waals surface area contributed by atoms with Crippen LogP contribution in [0.3, 0.4) is 0 Å². The Morgan fingerprint density at radius 1 is 1.00 bits per heavy atom. The van der Waals surface area contributed by atoms with E-state index in [0.29, 0.717) is 16.6 Å². The Morgan fingerprint density at radius 2 is 1.76 bits per heavy atom. The number of amides is 2. The normalized spacial score (nSPS) is 13.6. The first-order valence-electron chi connectivity index (χ1n) is 11.1. The Morgan fingerprint density at radius 3 is 2.42 bits per heavy atom. The average molecular weight is 467 g/mol. The molecule has 0 bridgehead atoms. The van der Waals surface area contributed by atoms with Crippen LogP contribution in [0.1, 0.15) is 45.1 Å². The lowest BCUT2D eigenvalue weighted by atomic mass is 9.93. The van der Waals surface area contributed by atoms with Crippen LogP contribution in [0.4, 0.5) is 5.13 Å². The Labute approximate surface area is 198 Å². The predicted octanol–water partition coefficient (Wildman–Crippen LogP) is 4.88. The molecule has 1 heterocycles. The highest BCUT2D eigenvalue weighted by Gasteiger charge is 2.29. The zero-order chi connectivity index (χ0) is 23.8. The van der Waals surface area contributed by atoms with Gasteiger partial charge in [-0.3, -0.25) is 14.9 Å². The monoisotopic (exact) mass is 466 g/mol. The van der Waals surface area contributed by atoms with Gasteiger partial charge in [-0.25, -0.2) is 0 Å². The van der Waals surface area contributed by atoms with E-state index in [1.54, 1.807) is 7.11 Å². The standard InChI is InChI=1S/C25H30N4O3S/c1-5-16(3)21(26-22(30)20(6-2)17-11-8-7-9-12-17)23(31)27-25-29-28-24(33-25)18-13-10-14-19(15-18)32-4/h7-16,20-21H,5-6H2,1-4H3,(H,26,30)(H,27,29,31)/t16-,20+,21-/m1/s1. The summed E-state index contributed by atoms with van der Waals surface area (Å²) < 4.78 is 5.26. The summed E-state index contributed by atoms with van der Waals surface area (Å²) in [6.45, 7) is 5.92. The zero-order valence-electron chi connectivity index (χ0n) is 19.4. The third-order valence-electron chi connectivity index (χ3n) is 5.69. The zero-order valence-corrected chi connectivity index (χ0v) is 20.2. The van der Waals surface area contributed by atoms with Crippen molar-refractivity contribution in [3.05, 3.63) is 60.2 Å². The van der Waals surface area contributed by atoms with Crippen LogP contribution in [-0.4, -0.2) is 35.2 Å². The molecule has 3 aromatic rings. The summed E-state index contributed by atoms with van der Waals surface area (Å²) in [7, 11) is 1.61. The summed E-state index contributed by atoms with van der Waals surface area (Å²) in [5.74, 6) is -0.0936. The predicted molar refractivity (Wildman–Crippen MR) is 131 cm³/mol. The number of benzene rings is 2. The molecule has 174 valence electrons. The molecule has 0 fully saturated rings. The molecule has 0 radical (unpaired) electrons. The van der Waals surface area contributed by atoms with Crippen molar-refractivity contribution >= 4 is 28.3 Å². The molecule has 0 saturated heterocycles. The van der Waals surface area contributed by atoms with Gasteiger partial charge >= 0.3 is 0 Å². The van der Waals surface area contributed by atoms with E-state index < -0.39 is 6.04 Å². The van der Waals surface area contributed by atoms with Crippen molar-refractivity contribution in [1.82, 2.24) is 15.5 Å². The van der Waals surface area contributed by atoms with E-state index in [4.69, 9.17) is 4.74 Å². The van der Waals surface area contributed by atoms with Gasteiger partial charge in [0.05, 0.1) is 13.0 Å². The van der Waals surface area contributed by atoms with Crippen molar-refractivity contribution in [3.63, 3.8) is 0 Å². The van der Waals surface area contributed by atoms with Gasteiger partial charge in [-0.1, -0.05) is 81.0 Å². The first-order valence-corrected chi connectivity index (χ1v) is 11.9. The maximum Gasteiger partial charge on any atom is 0.249 e. The summed E-state index contributed by atoms with van der Waals surface area (Å²) in [5, 5.41) is 15.2. The molecule has 0 spiro atoms. The van der Waals surface area contributed by atoms with Gasteiger partial charge in [0.15, 0.2) is 0 Å². The number of carbonyl (C=O) groups is 2. The highest BCUT2D eigenvalue weighted by molar-refractivity contribution is 7.18. The van der Waals surface area contributed by atoms with Crippen molar-refractivity contribution in [1.29, 1.82) is 0 Å². The van der Waals surface area contributed by atoms with Crippen molar-refractivity contribution in [2.75, 3.05) is 12.4 Å². The molecule has 0 aliphatic carbocycles. The van der Waals surface area contributed by atoms with Gasteiger partial charge in [-0.2, -0.15) is 0 Å². The van der Waals surface area contributed by atoms with Gasteiger partial charge in [0.25, 0.3) is 0 Å². The Bertz CT molecular complexity index is 1070. The van der Waals surface area contributed by atoms with Crippen LogP contribution in [0.5, 0.6) is 5.75 Å². The Balaban J connectivity index is 1.73. The molecular weight excluding hydrogens is 436 g/mol. The van der Waals surface area contributed by atoms with Gasteiger partial charge in [0.1, 0.15) is 16.8 Å². The van der Waals surface area contributed by atoms with Crippen LogP contribution < -0.4 is 15.4 Å². The first-order chi connectivity index (χ1) is 16.0. The lowest BCUT2D eigenvalue weighted by Gasteiger charge is -2.25. The SMILES string of the molecule is CC[C@H](C(=O)N[C@@H](C(=O)Nc1nnc(-c2cccc(OC)c2)s1)[C@H](C)CC)c1ccccc1. The number of nitrogens with one attached hydrogen (secondary N) is 2. The van der Waals surface area contributed by atoms with Crippen LogP contribution in [0.25, 0.3) is 10.6 Å². The molecule has 0 aliphatic heterocycles. The van der Waals surface area contributed by atoms with Crippen LogP contribution in [-0.2, 0) is 9.59 Å². The lowest BCUT2D eigenvalue weighted by Crippen LogP contribution is -2.49. The van der Waals surface area contributed by atoms with Gasteiger partial charge in [-0.05, 0) is 30.0 Å². The van der Waals surface area contributed by atoms with Gasteiger partial charge < -0.3 is 10.1 Å². The molecule has 3 rings (SSSR count). The average Bonchev–Trinajstić information content (AvgIpc) is 3.31. The maximum atomic E-state index is 13.1. The molecule has 7 nitrogen and oxygen atoms in total. The van der Waals surface area contributed by atoms with Crippen molar-refractivity contribution in [2.24, 2.45) is 5.92 Å². The van der Waals surface area contributed by atoms with Crippen molar-refractivity contribution in [2.45, 2.75) is 45.6 Å². The van der Waals surface area contributed by atoms with Gasteiger partial charge in [-0.15, -0.1) is 10.2 Å². The van der Waals surface area contributed by atoms with Gasteiger partial charge in [0.2, 0.25) is 16.9 Å². The summed E-state index contributed by atoms with van der Waals surface area (Å²) in [6, 6.07) is 16.5. The van der Waals surface area contributed by atoms with E-state index in [1.165, 1.54) is 11.3 Å². The molecule has 2 N–H and O–H groups in total. The summed E-state index contributed by atoms with van der Waals surface area (Å²) in [5.41, 5.74) is 1.79. The van der Waals surface area contributed by atoms with Crippen LogP contribution >= 0.6 is 11.3 Å². The fourth-order valence-electron chi connectivity index (χ4n) is 3.54. The molecule has 0 saturated carbocycles. The minimum Gasteiger partial charge on any atom is -0.497 e. The second kappa shape index (κ2) is 11.6. The second-order valence-electron chi connectivity index (χ2n) is 7.88. The first kappa shape index (κ1) is 24.4. The summed E-state index contributed by atoms with van der Waals surface area (Å²) in [6.07, 6.45) is 1.39. The fraction of sp³-hybridized carbons (Fsp3) is 0.360. The van der Waals surface area contributed by atoms with E-state index in [-0.39, 0.29) is 23.7 Å². The van der Waals surface area contributed by atoms with Crippen molar-refractivity contribution in [3.8, 4) is 16.3 Å². The third kappa shape index (κ3) is 6.16. The third-order valence-corrected chi connectivity index (χ3v) is 6.58. The van der Waals surface area contributed by atoms with Crippen LogP contribution in [0, 0.1) is 5.92 Å². The number of carbonyl (C=O) groups excluding carboxylic acids is 2. The summed E-state index contributed by atoms with van der Waals surface area (Å²) >= 11 is 1.27. The van der Waals surface area contributed by atoms with Crippen LogP contribution in [0.2, 0.25) is 0 Å². The Kier molecular flexibility index (Phi) is 8.54. The van der Waals surface area contributed by atoms with E-state index >= 15 is 0 Å². The minimum absolute atomic E-state index is 0.0481. The fourth-order valence-corrected chi connectivity index (χ4v) is 4.29. The molecule has 0 unspecified atom stereocenters. The summed E-state index contributed by atoms with van der Waals surface area (Å²) in [4.78, 5) is 26.2. The van der Waals surface area contributed by atoms with Gasteiger partial charge in [0, 0.05) is 5.56 Å². The largest absolute Gasteiger partial charge is 0.497 e. The topological polar surface area (TPSA) is 93.2 Å². The highest BCUT2D eigenvalue weighted by atomic mass is 32.1. The maximum absolute atomic E-state index is 13.1. The highest BCUT2D eigenvalue weighted by Crippen LogP contribution is 2.29. The minimum atomic E-state index is -0.676. The van der Waals surface area contributed by atoms with Crippen LogP contribution in [0.15, 0.2) is 54.6 Å². The molecule has 8 heteroatoms. The van der Waals surface area contributed by atoms with E-state index in [9.17, 15) is 9.59 Å². The van der Waals surface area contributed by atoms with E-state index in [0.717, 1.165) is 23.3 Å². The smallest absolute Gasteiger partial charge is 0.249 e. The molecular formula is C25H30N4O3S. The number of hydrogen-bond donors (Lipinski definition) is 2. The van der Waals surface area contributed by atoms with E-state index in [1.807, 2.05) is 75.4 Å². The molecule has 33 heavy (non-hydrogen) atoms. The number of hydrogen-bond acceptors (Lipinski definition) is 6. The Hall–Kier alpha value is -3.26. The number of rotatable bonds is 10. The van der Waals surface area contributed by atoms with E-state index in [2.05, 4.69) is 20.8 Å². The second-order valence-corrected chi connectivity index (χ2v) is 8.85. The molecule has 1 aromatic heterocycles. The molecule has 0 aliphatic rings.